The van der Waals surface area contributed by atoms with Gasteiger partial charge in [-0.3, -0.25) is 0 Å². The second-order valence-electron chi connectivity index (χ2n) is 4.90. The Hall–Kier alpha value is -0.690. The van der Waals surface area contributed by atoms with Crippen LogP contribution in [0.2, 0.25) is 0 Å². The van der Waals surface area contributed by atoms with E-state index < -0.39 is 0 Å². The monoisotopic (exact) mass is 286 g/mol. The van der Waals surface area contributed by atoms with Crippen LogP contribution in [-0.2, 0) is 17.9 Å². The Kier molecular flexibility index (Phi) is 6.71. The lowest BCUT2D eigenvalue weighted by molar-refractivity contribution is 0.181. The van der Waals surface area contributed by atoms with Crippen molar-refractivity contribution >= 4 is 16.5 Å². The van der Waals surface area contributed by atoms with Crippen LogP contribution in [-0.4, -0.2) is 50.2 Å². The number of nitrogens with two attached hydrogens (primary N) is 1. The summed E-state index contributed by atoms with van der Waals surface area (Å²) in [6.07, 6.45) is 0. The lowest BCUT2D eigenvalue weighted by atomic mass is 10.3. The molecule has 5 nitrogen and oxygen atoms in total. The molecule has 6 heteroatoms. The first-order chi connectivity index (χ1) is 9.03. The molecule has 0 radical (unpaired) electrons. The highest BCUT2D eigenvalue weighted by molar-refractivity contribution is 7.15. The maximum Gasteiger partial charge on any atom is 0.186 e. The van der Waals surface area contributed by atoms with Gasteiger partial charge in [0.2, 0.25) is 0 Å². The number of nitrogens with zero attached hydrogens (tertiary/aromatic N) is 3. The molecule has 0 saturated carbocycles. The molecule has 0 fully saturated rings. The third kappa shape index (κ3) is 4.42. The fourth-order valence-electron chi connectivity index (χ4n) is 2.16. The summed E-state index contributed by atoms with van der Waals surface area (Å²) < 4.78 is 5.18. The first-order valence-corrected chi connectivity index (χ1v) is 7.44. The molecule has 0 aromatic carbocycles. The summed E-state index contributed by atoms with van der Waals surface area (Å²) in [6, 6.07) is 0.423. The number of anilines is 1. The Morgan fingerprint density at radius 2 is 2.11 bits per heavy atom. The number of thiazole rings is 1. The number of rotatable bonds is 8. The van der Waals surface area contributed by atoms with Gasteiger partial charge in [-0.25, -0.2) is 4.98 Å². The van der Waals surface area contributed by atoms with Gasteiger partial charge < -0.3 is 20.3 Å². The lowest BCUT2D eigenvalue weighted by Gasteiger charge is -2.29. The maximum atomic E-state index is 5.78. The predicted octanol–water partition coefficient (Wildman–Crippen LogP) is 1.52. The minimum absolute atomic E-state index is 0.423. The second kappa shape index (κ2) is 7.79. The van der Waals surface area contributed by atoms with Gasteiger partial charge in [-0.1, -0.05) is 0 Å². The molecular weight excluding hydrogens is 260 g/mol. The molecule has 1 rings (SSSR count). The molecule has 0 spiro atoms. The molecule has 0 bridgehead atoms. The van der Waals surface area contributed by atoms with Gasteiger partial charge in [0.1, 0.15) is 0 Å². The Morgan fingerprint density at radius 3 is 2.58 bits per heavy atom. The quantitative estimate of drug-likeness (QED) is 0.785. The van der Waals surface area contributed by atoms with Crippen molar-refractivity contribution in [3.8, 4) is 0 Å². The lowest BCUT2D eigenvalue weighted by Crippen LogP contribution is -2.40. The van der Waals surface area contributed by atoms with E-state index in [0.29, 0.717) is 19.2 Å². The summed E-state index contributed by atoms with van der Waals surface area (Å²) in [4.78, 5) is 10.3. The standard InChI is InChI=1S/C13H26N4OS/c1-6-17(10(2)8-16(3)4)13-15-11(9-18-5)12(7-14)19-13/h10H,6-9,14H2,1-5H3. The van der Waals surface area contributed by atoms with Crippen LogP contribution in [0.4, 0.5) is 5.13 Å². The summed E-state index contributed by atoms with van der Waals surface area (Å²) in [6.45, 7) is 7.39. The number of aromatic nitrogens is 1. The SMILES string of the molecule is CCN(c1nc(COC)c(CN)s1)C(C)CN(C)C. The van der Waals surface area contributed by atoms with Gasteiger partial charge in [0.15, 0.2) is 5.13 Å². The molecule has 110 valence electrons. The van der Waals surface area contributed by atoms with Gasteiger partial charge in [-0.05, 0) is 27.9 Å². The highest BCUT2D eigenvalue weighted by Gasteiger charge is 2.19. The summed E-state index contributed by atoms with van der Waals surface area (Å²) in [7, 11) is 5.87. The summed E-state index contributed by atoms with van der Waals surface area (Å²) in [5, 5.41) is 1.05. The van der Waals surface area contributed by atoms with E-state index in [1.54, 1.807) is 18.4 Å². The minimum Gasteiger partial charge on any atom is -0.378 e. The first kappa shape index (κ1) is 16.4. The van der Waals surface area contributed by atoms with Gasteiger partial charge in [0.05, 0.1) is 12.3 Å². The largest absolute Gasteiger partial charge is 0.378 e. The molecule has 1 unspecified atom stereocenters. The molecule has 1 aromatic heterocycles. The highest BCUT2D eigenvalue weighted by atomic mass is 32.1. The number of likely N-dealkylation sites (N-methyl/N-ethyl adjacent to an activating group) is 2. The first-order valence-electron chi connectivity index (χ1n) is 6.62. The van der Waals surface area contributed by atoms with Crippen LogP contribution in [0.1, 0.15) is 24.4 Å². The number of hydrogen-bond donors (Lipinski definition) is 1. The van der Waals surface area contributed by atoms with Gasteiger partial charge in [-0.15, -0.1) is 11.3 Å². The van der Waals surface area contributed by atoms with E-state index in [1.165, 1.54) is 0 Å². The van der Waals surface area contributed by atoms with Crippen LogP contribution in [0.25, 0.3) is 0 Å². The zero-order chi connectivity index (χ0) is 14.4. The van der Waals surface area contributed by atoms with Crippen molar-refractivity contribution in [3.05, 3.63) is 10.6 Å². The van der Waals surface area contributed by atoms with Gasteiger partial charge in [0.25, 0.3) is 0 Å². The third-order valence-electron chi connectivity index (χ3n) is 2.98. The smallest absolute Gasteiger partial charge is 0.186 e. The van der Waals surface area contributed by atoms with Crippen molar-refractivity contribution in [3.63, 3.8) is 0 Å². The van der Waals surface area contributed by atoms with E-state index in [4.69, 9.17) is 15.5 Å². The van der Waals surface area contributed by atoms with E-state index >= 15 is 0 Å². The van der Waals surface area contributed by atoms with E-state index in [0.717, 1.165) is 28.8 Å². The molecule has 2 N–H and O–H groups in total. The predicted molar refractivity (Wildman–Crippen MR) is 81.8 cm³/mol. The zero-order valence-electron chi connectivity index (χ0n) is 12.6. The van der Waals surface area contributed by atoms with Gasteiger partial charge >= 0.3 is 0 Å². The molecule has 0 aliphatic rings. The third-order valence-corrected chi connectivity index (χ3v) is 4.14. The number of hydrogen-bond acceptors (Lipinski definition) is 6. The Labute approximate surface area is 120 Å². The van der Waals surface area contributed by atoms with E-state index in [-0.39, 0.29) is 0 Å². The van der Waals surface area contributed by atoms with Gasteiger partial charge in [-0.2, -0.15) is 0 Å². The van der Waals surface area contributed by atoms with Crippen molar-refractivity contribution in [1.29, 1.82) is 0 Å². The van der Waals surface area contributed by atoms with Crippen molar-refractivity contribution < 1.29 is 4.74 Å². The average molecular weight is 286 g/mol. The summed E-state index contributed by atoms with van der Waals surface area (Å²) in [5.41, 5.74) is 6.75. The minimum atomic E-state index is 0.423. The van der Waals surface area contributed by atoms with Crippen LogP contribution < -0.4 is 10.6 Å². The second-order valence-corrected chi connectivity index (χ2v) is 5.96. The van der Waals surface area contributed by atoms with Crippen LogP contribution >= 0.6 is 11.3 Å². The summed E-state index contributed by atoms with van der Waals surface area (Å²) >= 11 is 1.68. The van der Waals surface area contributed by atoms with Crippen LogP contribution in [0.3, 0.4) is 0 Å². The molecule has 1 aromatic rings. The molecule has 0 saturated heterocycles. The zero-order valence-corrected chi connectivity index (χ0v) is 13.5. The Morgan fingerprint density at radius 1 is 1.42 bits per heavy atom. The van der Waals surface area contributed by atoms with Crippen LogP contribution in [0, 0.1) is 0 Å². The Bertz CT molecular complexity index is 381. The van der Waals surface area contributed by atoms with Crippen molar-refractivity contribution in [1.82, 2.24) is 9.88 Å². The molecule has 0 aliphatic carbocycles. The number of ether oxygens (including phenoxy) is 1. The fraction of sp³-hybridized carbons (Fsp3) is 0.769. The topological polar surface area (TPSA) is 54.6 Å². The molecule has 0 aliphatic heterocycles. The summed E-state index contributed by atoms with van der Waals surface area (Å²) in [5.74, 6) is 0. The highest BCUT2D eigenvalue weighted by Crippen LogP contribution is 2.28. The van der Waals surface area contributed by atoms with Crippen molar-refractivity contribution in [2.45, 2.75) is 33.0 Å². The van der Waals surface area contributed by atoms with Crippen LogP contribution in [0.15, 0.2) is 0 Å². The van der Waals surface area contributed by atoms with E-state index in [1.807, 2.05) is 0 Å². The molecule has 19 heavy (non-hydrogen) atoms. The average Bonchev–Trinajstić information content (AvgIpc) is 2.72. The van der Waals surface area contributed by atoms with Crippen molar-refractivity contribution in [2.75, 3.05) is 39.2 Å². The normalized spacial score (nSPS) is 13.0. The van der Waals surface area contributed by atoms with Crippen LogP contribution in [0.5, 0.6) is 0 Å². The van der Waals surface area contributed by atoms with Crippen molar-refractivity contribution in [2.24, 2.45) is 5.73 Å². The van der Waals surface area contributed by atoms with E-state index in [9.17, 15) is 0 Å². The molecule has 1 atom stereocenters. The molecular formula is C13H26N4OS. The number of methoxy groups -OCH3 is 1. The maximum absolute atomic E-state index is 5.78. The molecule has 1 heterocycles. The Balaban J connectivity index is 2.91. The van der Waals surface area contributed by atoms with Gasteiger partial charge in [0, 0.05) is 37.7 Å². The molecule has 0 amide bonds. The fourth-order valence-corrected chi connectivity index (χ4v) is 3.27. The van der Waals surface area contributed by atoms with E-state index in [2.05, 4.69) is 37.7 Å².